The van der Waals surface area contributed by atoms with E-state index in [1.807, 2.05) is 0 Å². The summed E-state index contributed by atoms with van der Waals surface area (Å²) in [5, 5.41) is 2.82. The second-order valence-corrected chi connectivity index (χ2v) is 4.07. The molecule has 5 heteroatoms. The van der Waals surface area contributed by atoms with Gasteiger partial charge in [-0.25, -0.2) is 4.39 Å². The normalized spacial score (nSPS) is 10.0. The topological polar surface area (TPSA) is 34.0 Å². The molecule has 0 saturated heterocycles. The van der Waals surface area contributed by atoms with Crippen molar-refractivity contribution in [1.29, 1.82) is 0 Å². The summed E-state index contributed by atoms with van der Waals surface area (Å²) in [5.74, 6) is -0.253. The number of carbonyl (C=O) groups excluding carboxylic acids is 1. The maximum atomic E-state index is 13.6. The van der Waals surface area contributed by atoms with Crippen LogP contribution in [-0.2, 0) is 6.54 Å². The molecule has 102 valence electrons. The number of nitrogens with one attached hydrogen (secondary N) is 1. The van der Waals surface area contributed by atoms with Crippen LogP contribution in [0, 0.1) is 5.82 Å². The van der Waals surface area contributed by atoms with E-state index >= 15 is 0 Å². The van der Waals surface area contributed by atoms with E-state index in [0.717, 1.165) is 0 Å². The lowest BCUT2D eigenvalue weighted by atomic mass is 10.2. The van der Waals surface area contributed by atoms with E-state index in [4.69, 9.17) is 0 Å². The molecule has 0 unspecified atom stereocenters. The minimum Gasteiger partial charge on any atom is -0.341 e. The SMILES string of the molecule is CNCC(=O)c1cccn1Cc1ccccc1F.Cl. The lowest BCUT2D eigenvalue weighted by molar-refractivity contribution is 0.0985. The summed E-state index contributed by atoms with van der Waals surface area (Å²) >= 11 is 0. The van der Waals surface area contributed by atoms with Crippen molar-refractivity contribution >= 4 is 18.2 Å². The number of ketones is 1. The first kappa shape index (κ1) is 15.4. The Morgan fingerprint density at radius 1 is 1.26 bits per heavy atom. The molecule has 1 heterocycles. The van der Waals surface area contributed by atoms with Gasteiger partial charge in [0.05, 0.1) is 18.8 Å². The molecule has 0 aliphatic rings. The van der Waals surface area contributed by atoms with Crippen molar-refractivity contribution in [2.45, 2.75) is 6.54 Å². The first-order valence-electron chi connectivity index (χ1n) is 5.78. The largest absolute Gasteiger partial charge is 0.341 e. The first-order chi connectivity index (χ1) is 8.72. The van der Waals surface area contributed by atoms with E-state index < -0.39 is 0 Å². The van der Waals surface area contributed by atoms with Gasteiger partial charge in [0.1, 0.15) is 5.82 Å². The van der Waals surface area contributed by atoms with Crippen LogP contribution in [-0.4, -0.2) is 23.9 Å². The van der Waals surface area contributed by atoms with E-state index in [2.05, 4.69) is 5.32 Å². The van der Waals surface area contributed by atoms with Gasteiger partial charge in [-0.05, 0) is 25.2 Å². The Hall–Kier alpha value is -1.65. The fourth-order valence-corrected chi connectivity index (χ4v) is 1.87. The van der Waals surface area contributed by atoms with Crippen molar-refractivity contribution in [3.63, 3.8) is 0 Å². The molecule has 0 saturated carbocycles. The minimum atomic E-state index is -0.252. The van der Waals surface area contributed by atoms with Crippen LogP contribution < -0.4 is 5.32 Å². The van der Waals surface area contributed by atoms with Gasteiger partial charge in [-0.2, -0.15) is 0 Å². The molecule has 0 amide bonds. The molecular weight excluding hydrogens is 267 g/mol. The van der Waals surface area contributed by atoms with Gasteiger partial charge >= 0.3 is 0 Å². The molecule has 0 atom stereocenters. The van der Waals surface area contributed by atoms with E-state index in [9.17, 15) is 9.18 Å². The van der Waals surface area contributed by atoms with Crippen LogP contribution in [0.25, 0.3) is 0 Å². The van der Waals surface area contributed by atoms with Gasteiger partial charge in [-0.1, -0.05) is 18.2 Å². The Kier molecular flexibility index (Phi) is 5.73. The maximum absolute atomic E-state index is 13.6. The van der Waals surface area contributed by atoms with Crippen molar-refractivity contribution in [3.05, 3.63) is 59.7 Å². The zero-order valence-electron chi connectivity index (χ0n) is 10.6. The smallest absolute Gasteiger partial charge is 0.192 e. The highest BCUT2D eigenvalue weighted by molar-refractivity contribution is 5.96. The second-order valence-electron chi connectivity index (χ2n) is 4.07. The van der Waals surface area contributed by atoms with Gasteiger partial charge < -0.3 is 9.88 Å². The Bertz CT molecular complexity index is 554. The number of halogens is 2. The van der Waals surface area contributed by atoms with E-state index in [-0.39, 0.29) is 30.6 Å². The monoisotopic (exact) mass is 282 g/mol. The molecule has 0 spiro atoms. The number of nitrogens with zero attached hydrogens (tertiary/aromatic N) is 1. The molecule has 1 N–H and O–H groups in total. The number of likely N-dealkylation sites (N-methyl/N-ethyl adjacent to an activating group) is 1. The molecule has 0 fully saturated rings. The molecule has 0 bridgehead atoms. The van der Waals surface area contributed by atoms with Crippen molar-refractivity contribution in [1.82, 2.24) is 9.88 Å². The molecule has 3 nitrogen and oxygen atoms in total. The van der Waals surface area contributed by atoms with Gasteiger partial charge in [0.15, 0.2) is 5.78 Å². The average molecular weight is 283 g/mol. The van der Waals surface area contributed by atoms with Crippen LogP contribution in [0.5, 0.6) is 0 Å². The molecule has 0 aliphatic heterocycles. The third kappa shape index (κ3) is 3.66. The zero-order valence-corrected chi connectivity index (χ0v) is 11.4. The van der Waals surface area contributed by atoms with Gasteiger partial charge in [0.2, 0.25) is 0 Å². The summed E-state index contributed by atoms with van der Waals surface area (Å²) in [6.07, 6.45) is 1.79. The van der Waals surface area contributed by atoms with E-state index in [1.165, 1.54) is 6.07 Å². The standard InChI is InChI=1S/C14H15FN2O.ClH/c1-16-9-14(18)13-7-4-8-17(13)10-11-5-2-3-6-12(11)15;/h2-8,16H,9-10H2,1H3;1H. The number of aromatic nitrogens is 1. The number of benzene rings is 1. The van der Waals surface area contributed by atoms with Gasteiger partial charge in [-0.15, -0.1) is 12.4 Å². The zero-order chi connectivity index (χ0) is 13.0. The molecule has 0 aliphatic carbocycles. The number of hydrogen-bond acceptors (Lipinski definition) is 2. The highest BCUT2D eigenvalue weighted by Gasteiger charge is 2.11. The number of carbonyl (C=O) groups is 1. The van der Waals surface area contributed by atoms with Crippen LogP contribution in [0.15, 0.2) is 42.6 Å². The van der Waals surface area contributed by atoms with Gasteiger partial charge in [-0.3, -0.25) is 4.79 Å². The molecule has 1 aromatic heterocycles. The summed E-state index contributed by atoms with van der Waals surface area (Å²) in [5.41, 5.74) is 1.17. The molecule has 2 aromatic rings. The fourth-order valence-electron chi connectivity index (χ4n) is 1.87. The van der Waals surface area contributed by atoms with Crippen molar-refractivity contribution in [2.75, 3.05) is 13.6 Å². The molecule has 1 aromatic carbocycles. The lowest BCUT2D eigenvalue weighted by Crippen LogP contribution is -2.21. The molecule has 2 rings (SSSR count). The molecular formula is C14H16ClFN2O. The van der Waals surface area contributed by atoms with E-state index in [0.29, 0.717) is 17.8 Å². The van der Waals surface area contributed by atoms with Crippen LogP contribution >= 0.6 is 12.4 Å². The maximum Gasteiger partial charge on any atom is 0.192 e. The minimum absolute atomic E-state index is 0. The highest BCUT2D eigenvalue weighted by Crippen LogP contribution is 2.11. The van der Waals surface area contributed by atoms with Gasteiger partial charge in [0.25, 0.3) is 0 Å². The van der Waals surface area contributed by atoms with Crippen LogP contribution in [0.2, 0.25) is 0 Å². The summed E-state index contributed by atoms with van der Waals surface area (Å²) in [7, 11) is 1.72. The summed E-state index contributed by atoms with van der Waals surface area (Å²) in [4.78, 5) is 11.8. The Balaban J connectivity index is 0.00000180. The quantitative estimate of drug-likeness (QED) is 0.855. The number of rotatable bonds is 5. The predicted octanol–water partition coefficient (Wildman–Crippen LogP) is 2.50. The Morgan fingerprint density at radius 3 is 2.68 bits per heavy atom. The number of Topliss-reactive ketones (excluding diaryl/α,β-unsaturated/α-hetero) is 1. The highest BCUT2D eigenvalue weighted by atomic mass is 35.5. The predicted molar refractivity (Wildman–Crippen MR) is 75.4 cm³/mol. The summed E-state index contributed by atoms with van der Waals surface area (Å²) in [6, 6.07) is 10.1. The molecule has 0 radical (unpaired) electrons. The van der Waals surface area contributed by atoms with Crippen LogP contribution in [0.1, 0.15) is 16.1 Å². The second kappa shape index (κ2) is 7.07. The fraction of sp³-hybridized carbons (Fsp3) is 0.214. The average Bonchev–Trinajstić information content (AvgIpc) is 2.81. The summed E-state index contributed by atoms with van der Waals surface area (Å²) < 4.78 is 15.3. The summed E-state index contributed by atoms with van der Waals surface area (Å²) in [6.45, 7) is 0.645. The molecule has 19 heavy (non-hydrogen) atoms. The number of hydrogen-bond donors (Lipinski definition) is 1. The Labute approximate surface area is 117 Å². The third-order valence-corrected chi connectivity index (χ3v) is 2.75. The lowest BCUT2D eigenvalue weighted by Gasteiger charge is -2.09. The van der Waals surface area contributed by atoms with Crippen molar-refractivity contribution in [3.8, 4) is 0 Å². The Morgan fingerprint density at radius 2 is 2.00 bits per heavy atom. The van der Waals surface area contributed by atoms with E-state index in [1.54, 1.807) is 48.1 Å². The first-order valence-corrected chi connectivity index (χ1v) is 5.78. The van der Waals surface area contributed by atoms with Crippen molar-refractivity contribution in [2.24, 2.45) is 0 Å². The van der Waals surface area contributed by atoms with Crippen LogP contribution in [0.3, 0.4) is 0 Å². The van der Waals surface area contributed by atoms with Crippen LogP contribution in [0.4, 0.5) is 4.39 Å². The van der Waals surface area contributed by atoms with Crippen molar-refractivity contribution < 1.29 is 9.18 Å². The van der Waals surface area contributed by atoms with Gasteiger partial charge in [0, 0.05) is 11.8 Å². The third-order valence-electron chi connectivity index (χ3n) is 2.75.